The second-order valence-electron chi connectivity index (χ2n) is 4.85. The fourth-order valence-electron chi connectivity index (χ4n) is 2.21. The third-order valence-corrected chi connectivity index (χ3v) is 3.46. The van der Waals surface area contributed by atoms with Gasteiger partial charge in [-0.3, -0.25) is 0 Å². The van der Waals surface area contributed by atoms with E-state index in [1.807, 2.05) is 0 Å². The molecule has 1 saturated carbocycles. The Labute approximate surface area is 93.5 Å². The van der Waals surface area contributed by atoms with Crippen LogP contribution in [0.5, 0.6) is 0 Å². The summed E-state index contributed by atoms with van der Waals surface area (Å²) in [5.41, 5.74) is 0.281. The van der Waals surface area contributed by atoms with Crippen molar-refractivity contribution in [2.24, 2.45) is 5.41 Å². The van der Waals surface area contributed by atoms with Crippen molar-refractivity contribution in [1.82, 2.24) is 5.32 Å². The molecule has 90 valence electrons. The monoisotopic (exact) mass is 215 g/mol. The number of ether oxygens (including phenoxy) is 2. The minimum absolute atomic E-state index is 0.281. The van der Waals surface area contributed by atoms with Crippen molar-refractivity contribution in [3.8, 4) is 0 Å². The first-order chi connectivity index (χ1) is 7.12. The normalized spacial score (nSPS) is 28.8. The van der Waals surface area contributed by atoms with E-state index in [2.05, 4.69) is 26.1 Å². The molecule has 0 aliphatic heterocycles. The lowest BCUT2D eigenvalue weighted by atomic mass is 9.64. The Morgan fingerprint density at radius 2 is 2.13 bits per heavy atom. The van der Waals surface area contributed by atoms with Crippen LogP contribution in [0.3, 0.4) is 0 Å². The highest BCUT2D eigenvalue weighted by atomic mass is 16.5. The van der Waals surface area contributed by atoms with Gasteiger partial charge in [0.25, 0.3) is 0 Å². The molecule has 0 spiro atoms. The molecular weight excluding hydrogens is 190 g/mol. The van der Waals surface area contributed by atoms with Crippen molar-refractivity contribution in [3.63, 3.8) is 0 Å². The SMILES string of the molecule is CCOC1CC(NCCCOC)C1(C)C. The van der Waals surface area contributed by atoms with E-state index in [4.69, 9.17) is 9.47 Å². The van der Waals surface area contributed by atoms with E-state index in [1.54, 1.807) is 7.11 Å². The molecule has 0 radical (unpaired) electrons. The van der Waals surface area contributed by atoms with Crippen LogP contribution in [-0.2, 0) is 9.47 Å². The van der Waals surface area contributed by atoms with Crippen LogP contribution >= 0.6 is 0 Å². The zero-order valence-corrected chi connectivity index (χ0v) is 10.5. The fraction of sp³-hybridized carbons (Fsp3) is 1.00. The van der Waals surface area contributed by atoms with Crippen LogP contribution in [0.1, 0.15) is 33.6 Å². The van der Waals surface area contributed by atoms with Crippen molar-refractivity contribution in [1.29, 1.82) is 0 Å². The molecule has 1 rings (SSSR count). The highest BCUT2D eigenvalue weighted by Crippen LogP contribution is 2.42. The molecule has 3 nitrogen and oxygen atoms in total. The summed E-state index contributed by atoms with van der Waals surface area (Å²) >= 11 is 0. The number of nitrogens with one attached hydrogen (secondary N) is 1. The van der Waals surface area contributed by atoms with Gasteiger partial charge in [0, 0.05) is 31.8 Å². The smallest absolute Gasteiger partial charge is 0.0655 e. The van der Waals surface area contributed by atoms with Gasteiger partial charge >= 0.3 is 0 Å². The van der Waals surface area contributed by atoms with E-state index in [-0.39, 0.29) is 5.41 Å². The Hall–Kier alpha value is -0.120. The molecule has 0 amide bonds. The van der Waals surface area contributed by atoms with Crippen LogP contribution in [0.2, 0.25) is 0 Å². The predicted molar refractivity (Wildman–Crippen MR) is 62.1 cm³/mol. The van der Waals surface area contributed by atoms with E-state index in [1.165, 1.54) is 0 Å². The van der Waals surface area contributed by atoms with Crippen LogP contribution in [0.4, 0.5) is 0 Å². The van der Waals surface area contributed by atoms with Crippen LogP contribution < -0.4 is 5.32 Å². The van der Waals surface area contributed by atoms with Gasteiger partial charge in [0.1, 0.15) is 0 Å². The quantitative estimate of drug-likeness (QED) is 0.657. The predicted octanol–water partition coefficient (Wildman–Crippen LogP) is 1.82. The molecule has 0 aromatic heterocycles. The van der Waals surface area contributed by atoms with Crippen molar-refractivity contribution in [2.45, 2.75) is 45.8 Å². The molecule has 1 aliphatic carbocycles. The van der Waals surface area contributed by atoms with Gasteiger partial charge < -0.3 is 14.8 Å². The maximum absolute atomic E-state index is 5.69. The molecular formula is C12H25NO2. The van der Waals surface area contributed by atoms with Gasteiger partial charge in [-0.05, 0) is 26.3 Å². The van der Waals surface area contributed by atoms with Gasteiger partial charge in [-0.25, -0.2) is 0 Å². The summed E-state index contributed by atoms with van der Waals surface area (Å²) in [6.07, 6.45) is 2.67. The minimum atomic E-state index is 0.281. The Balaban J connectivity index is 2.17. The second kappa shape index (κ2) is 5.83. The molecule has 0 saturated heterocycles. The molecule has 1 N–H and O–H groups in total. The molecule has 0 heterocycles. The summed E-state index contributed by atoms with van der Waals surface area (Å²) in [7, 11) is 1.75. The number of hydrogen-bond acceptors (Lipinski definition) is 3. The summed E-state index contributed by atoms with van der Waals surface area (Å²) < 4.78 is 10.7. The lowest BCUT2D eigenvalue weighted by molar-refractivity contribution is -0.114. The summed E-state index contributed by atoms with van der Waals surface area (Å²) in [6.45, 7) is 9.34. The summed E-state index contributed by atoms with van der Waals surface area (Å²) in [4.78, 5) is 0. The van der Waals surface area contributed by atoms with Crippen molar-refractivity contribution in [3.05, 3.63) is 0 Å². The molecule has 15 heavy (non-hydrogen) atoms. The minimum Gasteiger partial charge on any atom is -0.385 e. The lowest BCUT2D eigenvalue weighted by Crippen LogP contribution is -2.61. The number of methoxy groups -OCH3 is 1. The molecule has 2 atom stereocenters. The maximum atomic E-state index is 5.69. The molecule has 1 aliphatic rings. The van der Waals surface area contributed by atoms with Gasteiger partial charge in [-0.2, -0.15) is 0 Å². The fourth-order valence-corrected chi connectivity index (χ4v) is 2.21. The zero-order chi connectivity index (χ0) is 11.3. The van der Waals surface area contributed by atoms with Gasteiger partial charge in [0.05, 0.1) is 6.10 Å². The Bertz CT molecular complexity index is 182. The van der Waals surface area contributed by atoms with E-state index in [0.717, 1.165) is 32.6 Å². The highest BCUT2D eigenvalue weighted by molar-refractivity contribution is 5.02. The Morgan fingerprint density at radius 1 is 1.40 bits per heavy atom. The third kappa shape index (κ3) is 3.16. The Morgan fingerprint density at radius 3 is 2.67 bits per heavy atom. The first-order valence-corrected chi connectivity index (χ1v) is 5.96. The average molecular weight is 215 g/mol. The van der Waals surface area contributed by atoms with Crippen LogP contribution in [0.25, 0.3) is 0 Å². The lowest BCUT2D eigenvalue weighted by Gasteiger charge is -2.52. The highest BCUT2D eigenvalue weighted by Gasteiger charge is 2.48. The Kier molecular flexibility index (Phi) is 5.03. The molecule has 0 aromatic rings. The number of hydrogen-bond donors (Lipinski definition) is 1. The van der Waals surface area contributed by atoms with Crippen LogP contribution in [0, 0.1) is 5.41 Å². The maximum Gasteiger partial charge on any atom is 0.0655 e. The molecule has 1 fully saturated rings. The van der Waals surface area contributed by atoms with E-state index < -0.39 is 0 Å². The van der Waals surface area contributed by atoms with Crippen molar-refractivity contribution >= 4 is 0 Å². The van der Waals surface area contributed by atoms with E-state index >= 15 is 0 Å². The zero-order valence-electron chi connectivity index (χ0n) is 10.5. The first-order valence-electron chi connectivity index (χ1n) is 5.96. The van der Waals surface area contributed by atoms with Gasteiger partial charge in [0.15, 0.2) is 0 Å². The van der Waals surface area contributed by atoms with Crippen LogP contribution in [0.15, 0.2) is 0 Å². The summed E-state index contributed by atoms with van der Waals surface area (Å²) in [5, 5.41) is 3.57. The topological polar surface area (TPSA) is 30.5 Å². The summed E-state index contributed by atoms with van der Waals surface area (Å²) in [6, 6.07) is 0.603. The molecule has 3 heteroatoms. The number of rotatable bonds is 7. The van der Waals surface area contributed by atoms with Crippen LogP contribution in [-0.4, -0.2) is 39.0 Å². The molecule has 2 unspecified atom stereocenters. The van der Waals surface area contributed by atoms with E-state index in [0.29, 0.717) is 12.1 Å². The van der Waals surface area contributed by atoms with Crippen molar-refractivity contribution in [2.75, 3.05) is 26.9 Å². The largest absolute Gasteiger partial charge is 0.385 e. The first kappa shape index (κ1) is 12.9. The molecule has 0 bridgehead atoms. The standard InChI is InChI=1S/C12H25NO2/c1-5-15-11-9-10(12(11,2)3)13-7-6-8-14-4/h10-11,13H,5-9H2,1-4H3. The second-order valence-corrected chi connectivity index (χ2v) is 4.85. The average Bonchev–Trinajstić information content (AvgIpc) is 2.21. The van der Waals surface area contributed by atoms with Gasteiger partial charge in [-0.15, -0.1) is 0 Å². The van der Waals surface area contributed by atoms with E-state index in [9.17, 15) is 0 Å². The molecule has 0 aromatic carbocycles. The van der Waals surface area contributed by atoms with Gasteiger partial charge in [0.2, 0.25) is 0 Å². The van der Waals surface area contributed by atoms with Crippen molar-refractivity contribution < 1.29 is 9.47 Å². The van der Waals surface area contributed by atoms with Gasteiger partial charge in [-0.1, -0.05) is 13.8 Å². The summed E-state index contributed by atoms with van der Waals surface area (Å²) in [5.74, 6) is 0. The third-order valence-electron chi connectivity index (χ3n) is 3.46.